The van der Waals surface area contributed by atoms with E-state index in [2.05, 4.69) is 13.1 Å². The minimum atomic E-state index is -6.05. The van der Waals surface area contributed by atoms with Crippen molar-refractivity contribution in [2.45, 2.75) is 31.8 Å². The van der Waals surface area contributed by atoms with Crippen molar-refractivity contribution in [2.75, 3.05) is 6.61 Å². The molecule has 6 atom stereocenters. The van der Waals surface area contributed by atoms with Crippen LogP contribution in [0.25, 0.3) is 0 Å². The minimum absolute atomic E-state index is 0. The van der Waals surface area contributed by atoms with Crippen LogP contribution in [-0.4, -0.2) is 38.4 Å². The molecule has 1 aliphatic rings. The van der Waals surface area contributed by atoms with Gasteiger partial charge in [-0.05, 0) is 6.92 Å². The standard InChI is InChI=1S/C10H17N2O14P3.3Na/c1-5-3-12(10(15)11-9(5)14)8-2-6(13)7(24-8)4-23-28(19,20)26-29(21,22)25-27(16,17)18;;;/h3,6-8,13H,2,4H2,1H3,(H,19,20)(H,21,22)(H,11,14,15)(H2,16,17,18);;;/q;3*+1/p-3. The number of phosphoric acid groups is 3. The smallest absolute Gasteiger partial charge is 0.756 e. The zero-order chi connectivity index (χ0) is 22.2. The molecule has 3 N–H and O–H groups in total. The average Bonchev–Trinajstić information content (AvgIpc) is 2.86. The first kappa shape index (κ1) is 36.2. The van der Waals surface area contributed by atoms with Gasteiger partial charge >= 0.3 is 94.4 Å². The number of hydrogen-bond donors (Lipinski definition) is 3. The molecular formula is C10H14N2Na3O14P3. The Bertz CT molecular complexity index is 1030. The van der Waals surface area contributed by atoms with Crippen molar-refractivity contribution in [2.24, 2.45) is 0 Å². The minimum Gasteiger partial charge on any atom is -0.756 e. The molecule has 32 heavy (non-hydrogen) atoms. The first-order valence-electron chi connectivity index (χ1n) is 7.47. The summed E-state index contributed by atoms with van der Waals surface area (Å²) in [4.78, 5) is 66.5. The van der Waals surface area contributed by atoms with Gasteiger partial charge in [-0.15, -0.1) is 0 Å². The van der Waals surface area contributed by atoms with Crippen LogP contribution in [0.3, 0.4) is 0 Å². The average molecular weight is 548 g/mol. The summed E-state index contributed by atoms with van der Waals surface area (Å²) in [5, 5.41) is 9.94. The molecule has 2 heterocycles. The molecule has 0 saturated carbocycles. The van der Waals surface area contributed by atoms with Crippen LogP contribution in [0.5, 0.6) is 0 Å². The third-order valence-electron chi connectivity index (χ3n) is 3.46. The Morgan fingerprint density at radius 3 is 2.25 bits per heavy atom. The van der Waals surface area contributed by atoms with Crippen molar-refractivity contribution in [1.29, 1.82) is 0 Å². The molecule has 1 fully saturated rings. The number of aliphatic hydroxyl groups is 1. The Hall–Kier alpha value is 2.01. The van der Waals surface area contributed by atoms with Crippen molar-refractivity contribution in [3.8, 4) is 0 Å². The Balaban J connectivity index is 0. The Morgan fingerprint density at radius 2 is 1.72 bits per heavy atom. The summed E-state index contributed by atoms with van der Waals surface area (Å²) in [5.41, 5.74) is -1.33. The van der Waals surface area contributed by atoms with E-state index in [1.54, 1.807) is 0 Å². The van der Waals surface area contributed by atoms with Crippen LogP contribution in [0.1, 0.15) is 18.2 Å². The van der Waals surface area contributed by atoms with Gasteiger partial charge in [-0.1, -0.05) is 0 Å². The number of nitrogens with one attached hydrogen (secondary N) is 1. The van der Waals surface area contributed by atoms with E-state index in [1.807, 2.05) is 4.98 Å². The van der Waals surface area contributed by atoms with Crippen LogP contribution in [0.2, 0.25) is 0 Å². The van der Waals surface area contributed by atoms with Gasteiger partial charge < -0.3 is 33.9 Å². The van der Waals surface area contributed by atoms with Gasteiger partial charge in [0.25, 0.3) is 29.0 Å². The fraction of sp³-hybridized carbons (Fsp3) is 0.600. The number of rotatable bonds is 8. The zero-order valence-corrected chi connectivity index (χ0v) is 26.0. The molecule has 1 aliphatic heterocycles. The molecule has 0 spiro atoms. The van der Waals surface area contributed by atoms with Gasteiger partial charge in [0.1, 0.15) is 12.3 Å². The quantitative estimate of drug-likeness (QED) is 0.202. The molecule has 1 aromatic rings. The number of aromatic amines is 1. The number of aromatic nitrogens is 2. The zero-order valence-electron chi connectivity index (χ0n) is 17.3. The van der Waals surface area contributed by atoms with Crippen molar-refractivity contribution >= 4 is 23.5 Å². The molecule has 0 aromatic carbocycles. The molecule has 1 saturated heterocycles. The van der Waals surface area contributed by atoms with E-state index < -0.39 is 59.8 Å². The van der Waals surface area contributed by atoms with Crippen LogP contribution in [0.4, 0.5) is 0 Å². The third-order valence-corrected chi connectivity index (χ3v) is 7.15. The maximum atomic E-state index is 11.8. The number of phosphoric ester groups is 1. The summed E-state index contributed by atoms with van der Waals surface area (Å²) in [6.07, 6.45) is -2.90. The van der Waals surface area contributed by atoms with Crippen molar-refractivity contribution in [3.63, 3.8) is 0 Å². The second kappa shape index (κ2) is 14.1. The molecule has 22 heteroatoms. The molecule has 6 unspecified atom stereocenters. The molecule has 1 aromatic heterocycles. The van der Waals surface area contributed by atoms with Crippen molar-refractivity contribution in [3.05, 3.63) is 32.6 Å². The number of ether oxygens (including phenoxy) is 1. The van der Waals surface area contributed by atoms with Crippen molar-refractivity contribution < 1.29 is 145 Å². The maximum Gasteiger partial charge on any atom is 1.00 e. The normalized spacial score (nSPS) is 25.8. The predicted molar refractivity (Wildman–Crippen MR) is 83.8 cm³/mol. The number of hydrogen-bond acceptors (Lipinski definition) is 13. The Morgan fingerprint density at radius 1 is 1.16 bits per heavy atom. The van der Waals surface area contributed by atoms with Gasteiger partial charge in [0.05, 0.1) is 12.7 Å². The summed E-state index contributed by atoms with van der Waals surface area (Å²) >= 11 is 0. The number of aryl methyl sites for hydroxylation is 1. The molecule has 0 aliphatic carbocycles. The molecular weight excluding hydrogens is 534 g/mol. The summed E-state index contributed by atoms with van der Waals surface area (Å²) in [5.74, 6) is 0. The van der Waals surface area contributed by atoms with E-state index in [0.717, 1.165) is 10.8 Å². The Kier molecular flexibility index (Phi) is 15.9. The second-order valence-corrected chi connectivity index (χ2v) is 10.0. The number of nitrogens with zero attached hydrogens (tertiary/aromatic N) is 1. The van der Waals surface area contributed by atoms with Crippen LogP contribution in [-0.2, 0) is 31.6 Å². The van der Waals surface area contributed by atoms with Gasteiger partial charge in [0.2, 0.25) is 0 Å². The van der Waals surface area contributed by atoms with E-state index in [0.29, 0.717) is 0 Å². The maximum absolute atomic E-state index is 11.8. The fourth-order valence-corrected chi connectivity index (χ4v) is 5.18. The fourth-order valence-electron chi connectivity index (χ4n) is 2.29. The van der Waals surface area contributed by atoms with Crippen molar-refractivity contribution in [1.82, 2.24) is 9.55 Å². The SMILES string of the molecule is Cc1cn(C2CC(O)C(COP(=O)([O-])OP(=O)([O-])OP(=O)([O-])O)O2)c(=O)[nH]c1=O.[Na+].[Na+].[Na+]. The van der Waals surface area contributed by atoms with Gasteiger partial charge in [-0.25, -0.2) is 13.4 Å². The topological polar surface area (TPSA) is 253 Å². The molecule has 16 nitrogen and oxygen atoms in total. The van der Waals surface area contributed by atoms with E-state index in [9.17, 15) is 43.1 Å². The molecule has 0 bridgehead atoms. The van der Waals surface area contributed by atoms with Gasteiger partial charge in [-0.3, -0.25) is 28.0 Å². The van der Waals surface area contributed by atoms with Crippen LogP contribution >= 0.6 is 23.5 Å². The molecule has 0 radical (unpaired) electrons. The summed E-state index contributed by atoms with van der Waals surface area (Å²) in [6.45, 7) is 0.423. The number of aliphatic hydroxyl groups excluding tert-OH is 1. The second-order valence-electron chi connectivity index (χ2n) is 5.73. The number of H-pyrrole nitrogens is 1. The molecule has 2 rings (SSSR count). The molecule has 166 valence electrons. The Labute approximate surface area is 246 Å². The first-order chi connectivity index (χ1) is 13.1. The first-order valence-corrected chi connectivity index (χ1v) is 11.9. The summed E-state index contributed by atoms with van der Waals surface area (Å²) in [7, 11) is -17.6. The predicted octanol–water partition coefficient (Wildman–Crippen LogP) is -12.0. The molecule has 0 amide bonds. The van der Waals surface area contributed by atoms with Gasteiger partial charge in [-0.2, -0.15) is 0 Å². The van der Waals surface area contributed by atoms with E-state index >= 15 is 0 Å². The largest absolute Gasteiger partial charge is 1.00 e. The van der Waals surface area contributed by atoms with E-state index in [-0.39, 0.29) is 101 Å². The van der Waals surface area contributed by atoms with E-state index in [1.165, 1.54) is 6.92 Å². The van der Waals surface area contributed by atoms with Crippen LogP contribution in [0.15, 0.2) is 15.8 Å². The van der Waals surface area contributed by atoms with Gasteiger partial charge in [0, 0.05) is 18.2 Å². The van der Waals surface area contributed by atoms with Crippen LogP contribution < -0.4 is 115 Å². The monoisotopic (exact) mass is 548 g/mol. The summed E-state index contributed by atoms with van der Waals surface area (Å²) < 4.78 is 50.0. The van der Waals surface area contributed by atoms with Crippen LogP contribution in [0, 0.1) is 6.92 Å². The van der Waals surface area contributed by atoms with Gasteiger partial charge in [0.15, 0.2) is 0 Å². The summed E-state index contributed by atoms with van der Waals surface area (Å²) in [6, 6.07) is 0. The van der Waals surface area contributed by atoms with E-state index in [4.69, 9.17) is 9.63 Å². The third kappa shape index (κ3) is 11.4.